The molecule has 136 valence electrons. The molecule has 0 aromatic heterocycles. The molecule has 2 rings (SSSR count). The largest absolute Gasteiger partial charge is 0.326 e. The zero-order valence-corrected chi connectivity index (χ0v) is 15.8. The summed E-state index contributed by atoms with van der Waals surface area (Å²) in [5, 5.41) is 0. The van der Waals surface area contributed by atoms with E-state index < -0.39 is 10.1 Å². The van der Waals surface area contributed by atoms with E-state index in [1.165, 1.54) is 17.7 Å². The molecule has 0 spiro atoms. The van der Waals surface area contributed by atoms with Crippen molar-refractivity contribution in [1.29, 1.82) is 0 Å². The fourth-order valence-corrected chi connectivity index (χ4v) is 2.79. The summed E-state index contributed by atoms with van der Waals surface area (Å²) in [6.45, 7) is 9.80. The van der Waals surface area contributed by atoms with Gasteiger partial charge < -0.3 is 5.73 Å². The van der Waals surface area contributed by atoms with E-state index in [1.807, 2.05) is 32.9 Å². The number of hydrogen-bond acceptors (Lipinski definition) is 3. The van der Waals surface area contributed by atoms with E-state index in [9.17, 15) is 8.42 Å². The molecule has 0 aliphatic heterocycles. The van der Waals surface area contributed by atoms with Gasteiger partial charge in [0, 0.05) is 11.5 Å². The molecule has 0 fully saturated rings. The fourth-order valence-electron chi connectivity index (χ4n) is 2.31. The van der Waals surface area contributed by atoms with Gasteiger partial charge in [0.05, 0.1) is 4.90 Å². The molecular formula is C20H27NO3S. The molecule has 1 atom stereocenters. The Bertz CT molecular complexity index is 761. The van der Waals surface area contributed by atoms with Crippen molar-refractivity contribution in [1.82, 2.24) is 0 Å². The quantitative estimate of drug-likeness (QED) is 0.614. The summed E-state index contributed by atoms with van der Waals surface area (Å²) >= 11 is 0. The number of hydrogen-bond donors (Lipinski definition) is 2. The smallest absolute Gasteiger partial charge is 0.294 e. The molecule has 0 aliphatic carbocycles. The van der Waals surface area contributed by atoms with Gasteiger partial charge >= 0.3 is 0 Å². The monoisotopic (exact) mass is 361 g/mol. The van der Waals surface area contributed by atoms with Crippen molar-refractivity contribution in [2.24, 2.45) is 5.73 Å². The number of aryl methyl sites for hydroxylation is 1. The fraction of sp³-hybridized carbons (Fsp3) is 0.300. The third kappa shape index (κ3) is 8.12. The molecule has 3 N–H and O–H groups in total. The van der Waals surface area contributed by atoms with E-state index in [0.717, 1.165) is 12.0 Å². The van der Waals surface area contributed by atoms with Gasteiger partial charge in [-0.05, 0) is 44.9 Å². The highest BCUT2D eigenvalue weighted by Crippen LogP contribution is 2.25. The van der Waals surface area contributed by atoms with Crippen molar-refractivity contribution < 1.29 is 13.0 Å². The van der Waals surface area contributed by atoms with E-state index in [2.05, 4.69) is 30.8 Å². The van der Waals surface area contributed by atoms with Crippen molar-refractivity contribution in [3.8, 4) is 0 Å². The Morgan fingerprint density at radius 3 is 2.04 bits per heavy atom. The highest BCUT2D eigenvalue weighted by molar-refractivity contribution is 7.85. The normalized spacial score (nSPS) is 12.7. The van der Waals surface area contributed by atoms with Gasteiger partial charge in [-0.15, -0.1) is 6.58 Å². The first-order valence-electron chi connectivity index (χ1n) is 8.03. The SMILES string of the molecule is C=CC(CC(C)(C)N)c1ccccc1.Cc1ccc(S(=O)(=O)O)cc1. The average molecular weight is 362 g/mol. The molecule has 0 saturated carbocycles. The predicted octanol–water partition coefficient (Wildman–Crippen LogP) is 4.33. The summed E-state index contributed by atoms with van der Waals surface area (Å²) in [5.41, 5.74) is 8.11. The van der Waals surface area contributed by atoms with Crippen LogP contribution < -0.4 is 5.73 Å². The zero-order chi connectivity index (χ0) is 19.1. The van der Waals surface area contributed by atoms with Crippen LogP contribution >= 0.6 is 0 Å². The minimum atomic E-state index is -4.02. The topological polar surface area (TPSA) is 80.4 Å². The second-order valence-electron chi connectivity index (χ2n) is 6.73. The molecule has 2 aromatic rings. The Morgan fingerprint density at radius 2 is 1.64 bits per heavy atom. The van der Waals surface area contributed by atoms with Gasteiger partial charge in [0.1, 0.15) is 0 Å². The van der Waals surface area contributed by atoms with Crippen LogP contribution in [0.25, 0.3) is 0 Å². The van der Waals surface area contributed by atoms with Crippen LogP contribution in [0.5, 0.6) is 0 Å². The Hall–Kier alpha value is -1.95. The van der Waals surface area contributed by atoms with E-state index in [1.54, 1.807) is 12.1 Å². The van der Waals surface area contributed by atoms with Gasteiger partial charge in [-0.2, -0.15) is 8.42 Å². The summed E-state index contributed by atoms with van der Waals surface area (Å²) in [7, 11) is -4.02. The summed E-state index contributed by atoms with van der Waals surface area (Å²) in [4.78, 5) is -0.0666. The van der Waals surface area contributed by atoms with Crippen LogP contribution in [-0.2, 0) is 10.1 Å². The van der Waals surface area contributed by atoms with E-state index in [-0.39, 0.29) is 10.4 Å². The number of allylic oxidation sites excluding steroid dienone is 1. The first-order valence-corrected chi connectivity index (χ1v) is 9.47. The van der Waals surface area contributed by atoms with Gasteiger partial charge in [-0.1, -0.05) is 54.1 Å². The van der Waals surface area contributed by atoms with Crippen LogP contribution in [0.3, 0.4) is 0 Å². The molecule has 0 heterocycles. The van der Waals surface area contributed by atoms with Crippen LogP contribution in [0, 0.1) is 6.92 Å². The zero-order valence-electron chi connectivity index (χ0n) is 15.0. The molecule has 4 nitrogen and oxygen atoms in total. The van der Waals surface area contributed by atoms with Gasteiger partial charge in [-0.25, -0.2) is 0 Å². The minimum absolute atomic E-state index is 0.0666. The molecule has 0 aliphatic rings. The van der Waals surface area contributed by atoms with Crippen molar-refractivity contribution >= 4 is 10.1 Å². The second kappa shape index (κ2) is 8.94. The third-order valence-electron chi connectivity index (χ3n) is 3.58. The minimum Gasteiger partial charge on any atom is -0.326 e. The van der Waals surface area contributed by atoms with Crippen LogP contribution in [0.15, 0.2) is 72.1 Å². The lowest BCUT2D eigenvalue weighted by molar-refractivity contribution is 0.454. The summed E-state index contributed by atoms with van der Waals surface area (Å²) in [5.74, 6) is 0.358. The summed E-state index contributed by atoms with van der Waals surface area (Å²) < 4.78 is 29.6. The number of rotatable bonds is 5. The van der Waals surface area contributed by atoms with Crippen molar-refractivity contribution in [2.45, 2.75) is 43.5 Å². The van der Waals surface area contributed by atoms with Gasteiger partial charge in [-0.3, -0.25) is 4.55 Å². The lowest BCUT2D eigenvalue weighted by Crippen LogP contribution is -2.33. The summed E-state index contributed by atoms with van der Waals surface area (Å²) in [6, 6.07) is 16.4. The number of nitrogens with two attached hydrogens (primary N) is 1. The Morgan fingerprint density at radius 1 is 1.12 bits per heavy atom. The first-order chi connectivity index (χ1) is 11.5. The van der Waals surface area contributed by atoms with Crippen molar-refractivity contribution in [3.05, 3.63) is 78.4 Å². The Labute approximate surface area is 151 Å². The molecule has 0 saturated heterocycles. The Kier molecular flexibility index (Phi) is 7.55. The van der Waals surface area contributed by atoms with E-state index >= 15 is 0 Å². The molecule has 0 amide bonds. The third-order valence-corrected chi connectivity index (χ3v) is 4.44. The van der Waals surface area contributed by atoms with Crippen LogP contribution in [0.1, 0.15) is 37.3 Å². The molecule has 1 unspecified atom stereocenters. The van der Waals surface area contributed by atoms with Gasteiger partial charge in [0.2, 0.25) is 0 Å². The lowest BCUT2D eigenvalue weighted by atomic mass is 9.87. The van der Waals surface area contributed by atoms with Gasteiger partial charge in [0.25, 0.3) is 10.1 Å². The van der Waals surface area contributed by atoms with Crippen LogP contribution in [-0.4, -0.2) is 18.5 Å². The van der Waals surface area contributed by atoms with Crippen LogP contribution in [0.4, 0.5) is 0 Å². The molecule has 25 heavy (non-hydrogen) atoms. The molecule has 2 aromatic carbocycles. The first kappa shape index (κ1) is 21.1. The predicted molar refractivity (Wildman–Crippen MR) is 103 cm³/mol. The average Bonchev–Trinajstić information content (AvgIpc) is 2.53. The molecular weight excluding hydrogens is 334 g/mol. The van der Waals surface area contributed by atoms with Crippen molar-refractivity contribution in [3.63, 3.8) is 0 Å². The standard InChI is InChI=1S/C13H19N.C7H8O3S/c1-4-11(10-13(2,3)14)12-8-6-5-7-9-12;1-6-2-4-7(5-3-6)11(8,9)10/h4-9,11H,1,10,14H2,2-3H3;2-5H,1H3,(H,8,9,10). The summed E-state index contributed by atoms with van der Waals surface area (Å²) in [6.07, 6.45) is 2.91. The van der Waals surface area contributed by atoms with Gasteiger partial charge in [0.15, 0.2) is 0 Å². The lowest BCUT2D eigenvalue weighted by Gasteiger charge is -2.24. The maximum Gasteiger partial charge on any atom is 0.294 e. The van der Waals surface area contributed by atoms with E-state index in [4.69, 9.17) is 10.3 Å². The molecule has 0 radical (unpaired) electrons. The number of benzene rings is 2. The second-order valence-corrected chi connectivity index (χ2v) is 8.16. The molecule has 5 heteroatoms. The highest BCUT2D eigenvalue weighted by Gasteiger charge is 2.17. The maximum absolute atomic E-state index is 10.5. The van der Waals surface area contributed by atoms with E-state index in [0.29, 0.717) is 5.92 Å². The van der Waals surface area contributed by atoms with Crippen molar-refractivity contribution in [2.75, 3.05) is 0 Å². The molecule has 0 bridgehead atoms. The van der Waals surface area contributed by atoms with Crippen LogP contribution in [0.2, 0.25) is 0 Å². The Balaban J connectivity index is 0.000000257. The highest BCUT2D eigenvalue weighted by atomic mass is 32.2. The maximum atomic E-state index is 10.5.